The molecule has 0 unspecified atom stereocenters. The lowest BCUT2D eigenvalue weighted by molar-refractivity contribution is 0.0636. The SMILES string of the molecule is CN=C(NCCc1ccc(NC(=O)OC(C)(C)C)cc1)NCc1c(C)nn(C)c1C. The number of aromatic nitrogens is 2. The van der Waals surface area contributed by atoms with E-state index in [2.05, 4.69) is 33.0 Å². The highest BCUT2D eigenvalue weighted by atomic mass is 16.6. The van der Waals surface area contributed by atoms with E-state index in [4.69, 9.17) is 4.74 Å². The van der Waals surface area contributed by atoms with E-state index in [1.54, 1.807) is 7.05 Å². The second-order valence-corrected chi connectivity index (χ2v) is 8.20. The zero-order valence-corrected chi connectivity index (χ0v) is 19.1. The molecule has 164 valence electrons. The fourth-order valence-corrected chi connectivity index (χ4v) is 2.97. The van der Waals surface area contributed by atoms with E-state index in [1.807, 2.05) is 63.7 Å². The highest BCUT2D eigenvalue weighted by Gasteiger charge is 2.16. The Morgan fingerprint density at radius 1 is 1.17 bits per heavy atom. The number of ether oxygens (including phenoxy) is 1. The maximum atomic E-state index is 11.8. The van der Waals surface area contributed by atoms with Crippen LogP contribution in [-0.4, -0.2) is 41.0 Å². The van der Waals surface area contributed by atoms with E-state index in [-0.39, 0.29) is 0 Å². The van der Waals surface area contributed by atoms with Crippen molar-refractivity contribution in [1.29, 1.82) is 0 Å². The summed E-state index contributed by atoms with van der Waals surface area (Å²) < 4.78 is 7.15. The number of carbonyl (C=O) groups excluding carboxylic acids is 1. The Morgan fingerprint density at radius 2 is 1.83 bits per heavy atom. The van der Waals surface area contributed by atoms with E-state index in [0.29, 0.717) is 12.2 Å². The van der Waals surface area contributed by atoms with Crippen LogP contribution in [0.15, 0.2) is 29.3 Å². The number of amides is 1. The number of rotatable bonds is 6. The van der Waals surface area contributed by atoms with Gasteiger partial charge >= 0.3 is 6.09 Å². The summed E-state index contributed by atoms with van der Waals surface area (Å²) in [6.07, 6.45) is 0.379. The molecule has 8 nitrogen and oxygen atoms in total. The van der Waals surface area contributed by atoms with Gasteiger partial charge < -0.3 is 15.4 Å². The first-order chi connectivity index (χ1) is 14.1. The number of carbonyl (C=O) groups is 1. The van der Waals surface area contributed by atoms with Crippen molar-refractivity contribution in [2.24, 2.45) is 12.0 Å². The van der Waals surface area contributed by atoms with Crippen LogP contribution in [0.3, 0.4) is 0 Å². The first kappa shape index (κ1) is 23.3. The van der Waals surface area contributed by atoms with Crippen LogP contribution in [0.5, 0.6) is 0 Å². The number of aliphatic imine (C=N–C) groups is 1. The van der Waals surface area contributed by atoms with Gasteiger partial charge in [-0.25, -0.2) is 4.79 Å². The second-order valence-electron chi connectivity index (χ2n) is 8.20. The first-order valence-corrected chi connectivity index (χ1v) is 10.1. The molecular weight excluding hydrogens is 380 g/mol. The van der Waals surface area contributed by atoms with Gasteiger partial charge in [0.25, 0.3) is 0 Å². The van der Waals surface area contributed by atoms with Crippen molar-refractivity contribution in [3.8, 4) is 0 Å². The maximum Gasteiger partial charge on any atom is 0.412 e. The Labute approximate surface area is 179 Å². The minimum atomic E-state index is -0.517. The summed E-state index contributed by atoms with van der Waals surface area (Å²) >= 11 is 0. The zero-order valence-electron chi connectivity index (χ0n) is 19.1. The Kier molecular flexibility index (Phi) is 7.86. The third-order valence-corrected chi connectivity index (χ3v) is 4.62. The smallest absolute Gasteiger partial charge is 0.412 e. The van der Waals surface area contributed by atoms with Crippen molar-refractivity contribution < 1.29 is 9.53 Å². The molecule has 8 heteroatoms. The molecule has 0 bridgehead atoms. The molecule has 0 fully saturated rings. The molecule has 2 aromatic rings. The standard InChI is InChI=1S/C22H34N6O2/c1-15-19(16(2)28(7)27-15)14-25-20(23-6)24-13-12-17-8-10-18(11-9-17)26-21(29)30-22(3,4)5/h8-11H,12-14H2,1-7H3,(H,26,29)(H2,23,24,25). The average molecular weight is 415 g/mol. The molecule has 1 aromatic carbocycles. The molecule has 0 aliphatic rings. The van der Waals surface area contributed by atoms with Crippen molar-refractivity contribution in [3.63, 3.8) is 0 Å². The normalized spacial score (nSPS) is 11.9. The van der Waals surface area contributed by atoms with Gasteiger partial charge in [-0.2, -0.15) is 5.10 Å². The molecule has 1 heterocycles. The monoisotopic (exact) mass is 414 g/mol. The fraction of sp³-hybridized carbons (Fsp3) is 0.500. The van der Waals surface area contributed by atoms with Gasteiger partial charge in [0.2, 0.25) is 0 Å². The van der Waals surface area contributed by atoms with E-state index in [1.165, 1.54) is 5.56 Å². The minimum absolute atomic E-state index is 0.453. The summed E-state index contributed by atoms with van der Waals surface area (Å²) in [5.74, 6) is 0.751. The molecule has 0 radical (unpaired) electrons. The fourth-order valence-electron chi connectivity index (χ4n) is 2.97. The Hall–Kier alpha value is -3.03. The summed E-state index contributed by atoms with van der Waals surface area (Å²) in [7, 11) is 3.71. The van der Waals surface area contributed by atoms with E-state index >= 15 is 0 Å². The highest BCUT2D eigenvalue weighted by Crippen LogP contribution is 2.13. The second kappa shape index (κ2) is 10.1. The zero-order chi connectivity index (χ0) is 22.3. The van der Waals surface area contributed by atoms with Gasteiger partial charge in [-0.05, 0) is 58.7 Å². The molecule has 0 saturated heterocycles. The van der Waals surface area contributed by atoms with Crippen molar-refractivity contribution in [2.45, 2.75) is 53.2 Å². The number of anilines is 1. The Balaban J connectivity index is 1.79. The lowest BCUT2D eigenvalue weighted by Crippen LogP contribution is -2.38. The molecule has 0 aliphatic heterocycles. The highest BCUT2D eigenvalue weighted by molar-refractivity contribution is 5.84. The van der Waals surface area contributed by atoms with Gasteiger partial charge in [0.15, 0.2) is 5.96 Å². The van der Waals surface area contributed by atoms with Gasteiger partial charge in [-0.15, -0.1) is 0 Å². The predicted octanol–water partition coefficient (Wildman–Crippen LogP) is 3.29. The summed E-state index contributed by atoms with van der Waals surface area (Å²) in [5, 5.41) is 13.8. The number of guanidine groups is 1. The first-order valence-electron chi connectivity index (χ1n) is 10.1. The molecule has 1 amide bonds. The third kappa shape index (κ3) is 7.09. The molecule has 30 heavy (non-hydrogen) atoms. The number of hydrogen-bond acceptors (Lipinski definition) is 4. The molecular formula is C22H34N6O2. The van der Waals surface area contributed by atoms with Crippen LogP contribution in [-0.2, 0) is 24.8 Å². The average Bonchev–Trinajstić information content (AvgIpc) is 2.89. The summed E-state index contributed by atoms with van der Waals surface area (Å²) in [6, 6.07) is 7.74. The Morgan fingerprint density at radius 3 is 2.37 bits per heavy atom. The van der Waals surface area contributed by atoms with Crippen LogP contribution in [0.2, 0.25) is 0 Å². The van der Waals surface area contributed by atoms with Crippen molar-refractivity contribution >= 4 is 17.7 Å². The third-order valence-electron chi connectivity index (χ3n) is 4.62. The Bertz CT molecular complexity index is 878. The van der Waals surface area contributed by atoms with Crippen LogP contribution < -0.4 is 16.0 Å². The number of nitrogens with one attached hydrogen (secondary N) is 3. The van der Waals surface area contributed by atoms with Gasteiger partial charge in [-0.3, -0.25) is 15.0 Å². The van der Waals surface area contributed by atoms with Crippen LogP contribution >= 0.6 is 0 Å². The molecule has 0 spiro atoms. The van der Waals surface area contributed by atoms with Crippen molar-refractivity contribution in [1.82, 2.24) is 20.4 Å². The van der Waals surface area contributed by atoms with Gasteiger partial charge in [0.1, 0.15) is 5.60 Å². The van der Waals surface area contributed by atoms with Crippen molar-refractivity contribution in [3.05, 3.63) is 46.8 Å². The molecule has 0 aliphatic carbocycles. The number of nitrogens with zero attached hydrogens (tertiary/aromatic N) is 3. The lowest BCUT2D eigenvalue weighted by atomic mass is 10.1. The quantitative estimate of drug-likeness (QED) is 0.498. The van der Waals surface area contributed by atoms with Gasteiger partial charge in [0.05, 0.1) is 5.69 Å². The molecule has 3 N–H and O–H groups in total. The molecule has 2 rings (SSSR count). The maximum absolute atomic E-state index is 11.8. The predicted molar refractivity (Wildman–Crippen MR) is 121 cm³/mol. The van der Waals surface area contributed by atoms with Crippen molar-refractivity contribution in [2.75, 3.05) is 18.9 Å². The summed E-state index contributed by atoms with van der Waals surface area (Å²) in [4.78, 5) is 16.1. The van der Waals surface area contributed by atoms with Gasteiger partial charge in [-0.1, -0.05) is 12.1 Å². The minimum Gasteiger partial charge on any atom is -0.444 e. The van der Waals surface area contributed by atoms with Gasteiger partial charge in [0, 0.05) is 44.1 Å². The molecule has 1 aromatic heterocycles. The van der Waals surface area contributed by atoms with Crippen LogP contribution in [0.4, 0.5) is 10.5 Å². The van der Waals surface area contributed by atoms with Crippen LogP contribution in [0.1, 0.15) is 43.3 Å². The van der Waals surface area contributed by atoms with Crippen LogP contribution in [0, 0.1) is 13.8 Å². The van der Waals surface area contributed by atoms with E-state index < -0.39 is 11.7 Å². The number of aryl methyl sites for hydroxylation is 2. The topological polar surface area (TPSA) is 92.6 Å². The number of hydrogen-bond donors (Lipinski definition) is 3. The summed E-state index contributed by atoms with van der Waals surface area (Å²) in [5.41, 5.74) is 4.71. The van der Waals surface area contributed by atoms with Crippen LogP contribution in [0.25, 0.3) is 0 Å². The molecule has 0 saturated carbocycles. The largest absolute Gasteiger partial charge is 0.444 e. The van der Waals surface area contributed by atoms with E-state index in [0.717, 1.165) is 35.9 Å². The lowest BCUT2D eigenvalue weighted by Gasteiger charge is -2.19. The molecule has 0 atom stereocenters. The van der Waals surface area contributed by atoms with E-state index in [9.17, 15) is 4.79 Å². The number of benzene rings is 1. The summed E-state index contributed by atoms with van der Waals surface area (Å²) in [6.45, 7) is 11.0.